The van der Waals surface area contributed by atoms with Gasteiger partial charge in [-0.05, 0) is 0 Å². The molecule has 0 aromatic heterocycles. The van der Waals surface area contributed by atoms with E-state index in [0.717, 1.165) is 0 Å². The maximum Gasteiger partial charge on any atom is 3.00 e. The van der Waals surface area contributed by atoms with Crippen molar-refractivity contribution in [2.75, 3.05) is 0 Å². The monoisotopic (exact) mass is 279 g/mol. The first-order valence-corrected chi connectivity index (χ1v) is 4.54. The number of hydrogen-bond donors (Lipinski definition) is 3. The SMILES string of the molecule is O=P(O)(O)O.O=P([O-])([O-])[O-].P.[Cr+3]. The van der Waals surface area contributed by atoms with Gasteiger partial charge in [-0.25, -0.2) is 4.57 Å². The van der Waals surface area contributed by atoms with Gasteiger partial charge in [0.25, 0.3) is 0 Å². The average molecular weight is 279 g/mol. The minimum atomic E-state index is -5.39. The summed E-state index contributed by atoms with van der Waals surface area (Å²) < 4.78 is 17.4. The van der Waals surface area contributed by atoms with E-state index in [4.69, 9.17) is 38.5 Å². The Labute approximate surface area is 81.9 Å². The number of hydrogen-bond acceptors (Lipinski definition) is 5. The molecule has 0 rings (SSSR count). The van der Waals surface area contributed by atoms with Crippen molar-refractivity contribution in [1.29, 1.82) is 0 Å². The zero-order chi connectivity index (χ0) is 9.00. The molecule has 12 heteroatoms. The van der Waals surface area contributed by atoms with E-state index in [9.17, 15) is 0 Å². The molecule has 0 aliphatic rings. The minimum Gasteiger partial charge on any atom is -0.822 e. The van der Waals surface area contributed by atoms with E-state index in [-0.39, 0.29) is 27.3 Å². The molecule has 75 valence electrons. The third kappa shape index (κ3) is 829. The molecule has 8 nitrogen and oxygen atoms in total. The fourth-order valence-electron chi connectivity index (χ4n) is 0. The van der Waals surface area contributed by atoms with Crippen LogP contribution in [-0.2, 0) is 26.5 Å². The Balaban J connectivity index is -0.0000000457. The molecular formula is H6CrO8P3. The van der Waals surface area contributed by atoms with Gasteiger partial charge in [0.15, 0.2) is 0 Å². The second-order valence-electron chi connectivity index (χ2n) is 0.960. The van der Waals surface area contributed by atoms with E-state index in [1.807, 2.05) is 0 Å². The van der Waals surface area contributed by atoms with Gasteiger partial charge in [0, 0.05) is 0 Å². The summed E-state index contributed by atoms with van der Waals surface area (Å²) in [4.78, 5) is 47.2. The first-order valence-electron chi connectivity index (χ1n) is 1.51. The Kier molecular flexibility index (Phi) is 17.0. The molecule has 0 aromatic rings. The summed E-state index contributed by atoms with van der Waals surface area (Å²) in [7, 11) is -10.0. The van der Waals surface area contributed by atoms with Crippen LogP contribution in [0.2, 0.25) is 0 Å². The molecule has 0 saturated carbocycles. The fourth-order valence-corrected chi connectivity index (χ4v) is 0. The van der Waals surface area contributed by atoms with Crippen molar-refractivity contribution >= 4 is 25.5 Å². The third-order valence-corrected chi connectivity index (χ3v) is 0. The average Bonchev–Trinajstić information content (AvgIpc) is 1.12. The molecule has 0 fully saturated rings. The van der Waals surface area contributed by atoms with Crippen LogP contribution in [0.4, 0.5) is 0 Å². The molecule has 1 unspecified atom stereocenters. The Morgan fingerprint density at radius 1 is 0.917 bits per heavy atom. The summed E-state index contributed by atoms with van der Waals surface area (Å²) in [6.45, 7) is 0. The Hall–Kier alpha value is 1.18. The normalized spacial score (nSPS) is 9.83. The third-order valence-electron chi connectivity index (χ3n) is 0. The topological polar surface area (TPSA) is 164 Å². The molecule has 0 aliphatic carbocycles. The van der Waals surface area contributed by atoms with Crippen LogP contribution in [0.25, 0.3) is 0 Å². The summed E-state index contributed by atoms with van der Waals surface area (Å²) >= 11 is 0. The van der Waals surface area contributed by atoms with Gasteiger partial charge >= 0.3 is 25.2 Å². The molecule has 12 heavy (non-hydrogen) atoms. The van der Waals surface area contributed by atoms with Gasteiger partial charge in [-0.2, -0.15) is 17.7 Å². The second-order valence-corrected chi connectivity index (χ2v) is 2.88. The van der Waals surface area contributed by atoms with Gasteiger partial charge in [-0.15, -0.1) is 0 Å². The summed E-state index contributed by atoms with van der Waals surface area (Å²) in [6.07, 6.45) is 0. The van der Waals surface area contributed by atoms with Crippen LogP contribution >= 0.6 is 25.5 Å². The van der Waals surface area contributed by atoms with Gasteiger partial charge in [-0.3, -0.25) is 0 Å². The summed E-state index contributed by atoms with van der Waals surface area (Å²) in [5, 5.41) is 0. The van der Waals surface area contributed by atoms with Crippen molar-refractivity contribution in [3.8, 4) is 0 Å². The van der Waals surface area contributed by atoms with E-state index in [0.29, 0.717) is 0 Å². The molecule has 0 aromatic carbocycles. The van der Waals surface area contributed by atoms with Crippen LogP contribution in [0.3, 0.4) is 0 Å². The van der Waals surface area contributed by atoms with Crippen molar-refractivity contribution < 1.29 is 55.9 Å². The Bertz CT molecular complexity index is 127. The molecule has 0 bridgehead atoms. The van der Waals surface area contributed by atoms with Gasteiger partial charge < -0.3 is 33.9 Å². The van der Waals surface area contributed by atoms with Crippen LogP contribution in [0, 0.1) is 0 Å². The first-order chi connectivity index (χ1) is 4.00. The largest absolute Gasteiger partial charge is 3.00 e. The molecule has 3 N–H and O–H groups in total. The van der Waals surface area contributed by atoms with Crippen LogP contribution in [0.15, 0.2) is 0 Å². The number of rotatable bonds is 0. The maximum absolute atomic E-state index is 8.88. The van der Waals surface area contributed by atoms with Crippen LogP contribution in [0.1, 0.15) is 0 Å². The summed E-state index contributed by atoms with van der Waals surface area (Å²) in [6, 6.07) is 0. The predicted molar refractivity (Wildman–Crippen MR) is 33.0 cm³/mol. The fraction of sp³-hybridized carbons (Fsp3) is 0. The van der Waals surface area contributed by atoms with Crippen molar-refractivity contribution in [2.45, 2.75) is 0 Å². The van der Waals surface area contributed by atoms with Gasteiger partial charge in [0.1, 0.15) is 0 Å². The maximum atomic E-state index is 8.88. The first kappa shape index (κ1) is 23.2. The van der Waals surface area contributed by atoms with Gasteiger partial charge in [0.2, 0.25) is 0 Å². The Morgan fingerprint density at radius 3 is 0.917 bits per heavy atom. The standard InChI is InChI=1S/Cr.2H3O4P.H3P/c;2*1-5(2,3)4;/h;2*(H3,1,2,3,4);1H3/q+3;;;/p-3. The van der Waals surface area contributed by atoms with Crippen molar-refractivity contribution in [3.05, 3.63) is 0 Å². The number of phosphoric acid groups is 2. The quantitative estimate of drug-likeness (QED) is 0.381. The molecule has 0 amide bonds. The zero-order valence-electron chi connectivity index (χ0n) is 5.39. The van der Waals surface area contributed by atoms with Gasteiger partial charge in [0.05, 0.1) is 0 Å². The molecule has 0 saturated heterocycles. The second kappa shape index (κ2) is 8.77. The summed E-state index contributed by atoms with van der Waals surface area (Å²) in [5.74, 6) is 0. The molecule has 0 heterocycles. The van der Waals surface area contributed by atoms with E-state index >= 15 is 0 Å². The van der Waals surface area contributed by atoms with Crippen molar-refractivity contribution in [1.82, 2.24) is 0 Å². The van der Waals surface area contributed by atoms with Crippen LogP contribution < -0.4 is 14.7 Å². The van der Waals surface area contributed by atoms with E-state index in [2.05, 4.69) is 0 Å². The molecular weight excluding hydrogens is 273 g/mol. The Morgan fingerprint density at radius 2 is 0.917 bits per heavy atom. The summed E-state index contributed by atoms with van der Waals surface area (Å²) in [5.41, 5.74) is 0. The zero-order valence-corrected chi connectivity index (χ0v) is 9.87. The molecule has 0 aliphatic heterocycles. The smallest absolute Gasteiger partial charge is 0.822 e. The van der Waals surface area contributed by atoms with E-state index < -0.39 is 15.6 Å². The molecule has 1 radical (unpaired) electrons. The van der Waals surface area contributed by atoms with Crippen molar-refractivity contribution in [3.63, 3.8) is 0 Å². The van der Waals surface area contributed by atoms with Crippen LogP contribution in [0.5, 0.6) is 0 Å². The van der Waals surface area contributed by atoms with Crippen molar-refractivity contribution in [2.24, 2.45) is 0 Å². The van der Waals surface area contributed by atoms with E-state index in [1.165, 1.54) is 0 Å². The van der Waals surface area contributed by atoms with Gasteiger partial charge in [-0.1, -0.05) is 0 Å². The molecule has 0 spiro atoms. The van der Waals surface area contributed by atoms with E-state index in [1.54, 1.807) is 0 Å². The minimum absolute atomic E-state index is 0. The molecule has 1 atom stereocenters. The predicted octanol–water partition coefficient (Wildman–Crippen LogP) is -3.70. The van der Waals surface area contributed by atoms with Crippen LogP contribution in [-0.4, -0.2) is 14.7 Å².